The molecule has 1 amide bonds. The third-order valence-electron chi connectivity index (χ3n) is 4.67. The van der Waals surface area contributed by atoms with Crippen molar-refractivity contribution in [3.05, 3.63) is 24.3 Å². The summed E-state index contributed by atoms with van der Waals surface area (Å²) in [4.78, 5) is 14.8. The lowest BCUT2D eigenvalue weighted by Gasteiger charge is -2.31. The molecule has 0 unspecified atom stereocenters. The standard InChI is InChI=1S/C16H22N2O2/c1-20-14-6-4-13(5-7-14)17-15(19)12-16-8-2-10-18(16)11-3-9-16/h4-7H,2-3,8-12H2,1H3,(H,17,19). The number of hydrogen-bond acceptors (Lipinski definition) is 3. The Morgan fingerprint density at radius 1 is 1.25 bits per heavy atom. The largest absolute Gasteiger partial charge is 0.497 e. The first-order valence-electron chi connectivity index (χ1n) is 7.41. The number of nitrogens with one attached hydrogen (secondary N) is 1. The summed E-state index contributed by atoms with van der Waals surface area (Å²) in [5, 5.41) is 3.01. The molecule has 4 heteroatoms. The van der Waals surface area contributed by atoms with E-state index in [2.05, 4.69) is 10.2 Å². The summed E-state index contributed by atoms with van der Waals surface area (Å²) >= 11 is 0. The van der Waals surface area contributed by atoms with Crippen molar-refractivity contribution in [1.29, 1.82) is 0 Å². The Labute approximate surface area is 120 Å². The van der Waals surface area contributed by atoms with E-state index in [0.717, 1.165) is 24.5 Å². The Hall–Kier alpha value is -1.55. The molecule has 108 valence electrons. The van der Waals surface area contributed by atoms with Crippen molar-refractivity contribution in [2.24, 2.45) is 0 Å². The van der Waals surface area contributed by atoms with Gasteiger partial charge in [-0.3, -0.25) is 9.69 Å². The highest BCUT2D eigenvalue weighted by atomic mass is 16.5. The van der Waals surface area contributed by atoms with Crippen molar-refractivity contribution < 1.29 is 9.53 Å². The van der Waals surface area contributed by atoms with Crippen LogP contribution in [0.25, 0.3) is 0 Å². The van der Waals surface area contributed by atoms with Crippen LogP contribution in [0, 0.1) is 0 Å². The Balaban J connectivity index is 1.61. The maximum Gasteiger partial charge on any atom is 0.226 e. The second-order valence-corrected chi connectivity index (χ2v) is 5.87. The van der Waals surface area contributed by atoms with Crippen molar-refractivity contribution in [2.75, 3.05) is 25.5 Å². The van der Waals surface area contributed by atoms with Gasteiger partial charge in [-0.05, 0) is 63.0 Å². The molecule has 0 aromatic heterocycles. The molecule has 2 aliphatic rings. The fourth-order valence-corrected chi connectivity index (χ4v) is 3.69. The number of carbonyl (C=O) groups is 1. The van der Waals surface area contributed by atoms with Crippen molar-refractivity contribution in [3.63, 3.8) is 0 Å². The topological polar surface area (TPSA) is 41.6 Å². The molecule has 0 atom stereocenters. The Morgan fingerprint density at radius 3 is 2.50 bits per heavy atom. The molecular formula is C16H22N2O2. The Kier molecular flexibility index (Phi) is 3.66. The van der Waals surface area contributed by atoms with Gasteiger partial charge in [0.05, 0.1) is 7.11 Å². The summed E-state index contributed by atoms with van der Waals surface area (Å²) in [5.74, 6) is 0.934. The van der Waals surface area contributed by atoms with Crippen LogP contribution in [0.1, 0.15) is 32.1 Å². The maximum absolute atomic E-state index is 12.3. The summed E-state index contributed by atoms with van der Waals surface area (Å²) in [6.07, 6.45) is 5.43. The van der Waals surface area contributed by atoms with Crippen LogP contribution in [0.5, 0.6) is 5.75 Å². The zero-order valence-electron chi connectivity index (χ0n) is 12.0. The monoisotopic (exact) mass is 274 g/mol. The molecule has 2 heterocycles. The average Bonchev–Trinajstić information content (AvgIpc) is 2.98. The van der Waals surface area contributed by atoms with Crippen molar-refractivity contribution in [1.82, 2.24) is 4.90 Å². The smallest absolute Gasteiger partial charge is 0.226 e. The summed E-state index contributed by atoms with van der Waals surface area (Å²) in [6, 6.07) is 7.50. The molecule has 0 aliphatic carbocycles. The van der Waals surface area contributed by atoms with E-state index in [9.17, 15) is 4.79 Å². The lowest BCUT2D eigenvalue weighted by atomic mass is 9.90. The quantitative estimate of drug-likeness (QED) is 0.917. The van der Waals surface area contributed by atoms with E-state index >= 15 is 0 Å². The van der Waals surface area contributed by atoms with E-state index in [1.165, 1.54) is 25.7 Å². The molecule has 0 saturated carbocycles. The summed E-state index contributed by atoms with van der Waals surface area (Å²) in [5.41, 5.74) is 0.992. The molecule has 0 spiro atoms. The predicted molar refractivity (Wildman–Crippen MR) is 79.0 cm³/mol. The number of hydrogen-bond donors (Lipinski definition) is 1. The number of nitrogens with zero attached hydrogens (tertiary/aromatic N) is 1. The minimum absolute atomic E-state index is 0.129. The number of benzene rings is 1. The predicted octanol–water partition coefficient (Wildman–Crippen LogP) is 2.65. The fourth-order valence-electron chi connectivity index (χ4n) is 3.69. The number of rotatable bonds is 4. The van der Waals surface area contributed by atoms with E-state index in [1.807, 2.05) is 24.3 Å². The molecule has 3 rings (SSSR count). The van der Waals surface area contributed by atoms with Crippen LogP contribution in [0.3, 0.4) is 0 Å². The van der Waals surface area contributed by atoms with Crippen LogP contribution in [-0.2, 0) is 4.79 Å². The SMILES string of the molecule is COc1ccc(NC(=O)CC23CCCN2CCC3)cc1. The Bertz CT molecular complexity index is 474. The van der Waals surface area contributed by atoms with Gasteiger partial charge in [-0.2, -0.15) is 0 Å². The van der Waals surface area contributed by atoms with E-state index < -0.39 is 0 Å². The maximum atomic E-state index is 12.3. The van der Waals surface area contributed by atoms with Crippen molar-refractivity contribution in [3.8, 4) is 5.75 Å². The zero-order chi connectivity index (χ0) is 14.0. The minimum Gasteiger partial charge on any atom is -0.497 e. The summed E-state index contributed by atoms with van der Waals surface area (Å²) in [7, 11) is 1.64. The van der Waals surface area contributed by atoms with E-state index in [-0.39, 0.29) is 11.4 Å². The van der Waals surface area contributed by atoms with Crippen molar-refractivity contribution in [2.45, 2.75) is 37.6 Å². The lowest BCUT2D eigenvalue weighted by Crippen LogP contribution is -2.41. The van der Waals surface area contributed by atoms with E-state index in [1.54, 1.807) is 7.11 Å². The molecule has 20 heavy (non-hydrogen) atoms. The average molecular weight is 274 g/mol. The van der Waals surface area contributed by atoms with Gasteiger partial charge in [0, 0.05) is 17.6 Å². The van der Waals surface area contributed by atoms with Gasteiger partial charge < -0.3 is 10.1 Å². The number of amides is 1. The van der Waals surface area contributed by atoms with Gasteiger partial charge in [-0.25, -0.2) is 0 Å². The normalized spacial score (nSPS) is 20.6. The molecule has 2 saturated heterocycles. The fraction of sp³-hybridized carbons (Fsp3) is 0.562. The van der Waals surface area contributed by atoms with Gasteiger partial charge in [0.25, 0.3) is 0 Å². The molecule has 0 radical (unpaired) electrons. The molecule has 2 aliphatic heterocycles. The molecule has 1 aromatic carbocycles. The minimum atomic E-state index is 0.129. The van der Waals surface area contributed by atoms with Crippen LogP contribution in [0.4, 0.5) is 5.69 Å². The van der Waals surface area contributed by atoms with E-state index in [0.29, 0.717) is 6.42 Å². The Morgan fingerprint density at radius 2 is 1.90 bits per heavy atom. The van der Waals surface area contributed by atoms with Crippen LogP contribution >= 0.6 is 0 Å². The number of anilines is 1. The van der Waals surface area contributed by atoms with Gasteiger partial charge in [0.2, 0.25) is 5.91 Å². The number of carbonyl (C=O) groups excluding carboxylic acids is 1. The first-order valence-corrected chi connectivity index (χ1v) is 7.41. The third-order valence-corrected chi connectivity index (χ3v) is 4.67. The first-order chi connectivity index (χ1) is 9.72. The molecule has 4 nitrogen and oxygen atoms in total. The van der Waals surface area contributed by atoms with Gasteiger partial charge in [0.15, 0.2) is 0 Å². The second kappa shape index (κ2) is 5.44. The highest BCUT2D eigenvalue weighted by Gasteiger charge is 2.45. The van der Waals surface area contributed by atoms with E-state index in [4.69, 9.17) is 4.74 Å². The van der Waals surface area contributed by atoms with Crippen molar-refractivity contribution >= 4 is 11.6 Å². The highest BCUT2D eigenvalue weighted by Crippen LogP contribution is 2.41. The third kappa shape index (κ3) is 2.52. The molecule has 1 aromatic rings. The van der Waals surface area contributed by atoms with Crippen LogP contribution in [0.15, 0.2) is 24.3 Å². The zero-order valence-corrected chi connectivity index (χ0v) is 12.0. The molecule has 1 N–H and O–H groups in total. The number of methoxy groups -OCH3 is 1. The number of ether oxygens (including phenoxy) is 1. The second-order valence-electron chi connectivity index (χ2n) is 5.87. The van der Waals surface area contributed by atoms with Crippen LogP contribution < -0.4 is 10.1 Å². The summed E-state index contributed by atoms with van der Waals surface area (Å²) in [6.45, 7) is 2.33. The number of fused-ring (bicyclic) bond motifs is 1. The first kappa shape index (κ1) is 13.4. The highest BCUT2D eigenvalue weighted by molar-refractivity contribution is 5.91. The summed E-state index contributed by atoms with van der Waals surface area (Å²) < 4.78 is 5.12. The lowest BCUT2D eigenvalue weighted by molar-refractivity contribution is -0.118. The molecular weight excluding hydrogens is 252 g/mol. The molecule has 0 bridgehead atoms. The van der Waals surface area contributed by atoms with Crippen LogP contribution in [0.2, 0.25) is 0 Å². The van der Waals surface area contributed by atoms with Crippen LogP contribution in [-0.4, -0.2) is 36.5 Å². The van der Waals surface area contributed by atoms with Gasteiger partial charge >= 0.3 is 0 Å². The molecule has 2 fully saturated rings. The van der Waals surface area contributed by atoms with Gasteiger partial charge in [0.1, 0.15) is 5.75 Å². The van der Waals surface area contributed by atoms with Gasteiger partial charge in [-0.1, -0.05) is 0 Å². The van der Waals surface area contributed by atoms with Gasteiger partial charge in [-0.15, -0.1) is 0 Å².